The zero-order valence-corrected chi connectivity index (χ0v) is 13.2. The number of rotatable bonds is 3. The number of halogens is 1. The molecule has 0 aliphatic heterocycles. The van der Waals surface area contributed by atoms with Crippen LogP contribution < -0.4 is 5.32 Å². The molecule has 0 atom stereocenters. The molecular weight excluding hydrogens is 332 g/mol. The van der Waals surface area contributed by atoms with Crippen LogP contribution in [-0.4, -0.2) is 5.91 Å². The van der Waals surface area contributed by atoms with Crippen molar-refractivity contribution in [3.8, 4) is 6.07 Å². The lowest BCUT2D eigenvalue weighted by molar-refractivity contribution is -0.112. The smallest absolute Gasteiger partial charge is 0.266 e. The van der Waals surface area contributed by atoms with Crippen LogP contribution in [0.4, 0.5) is 5.69 Å². The zero-order chi connectivity index (χ0) is 15.4. The molecular formula is C16H13BrN2O2. The van der Waals surface area contributed by atoms with Gasteiger partial charge in [-0.15, -0.1) is 0 Å². The summed E-state index contributed by atoms with van der Waals surface area (Å²) < 4.78 is 5.81. The van der Waals surface area contributed by atoms with Gasteiger partial charge in [-0.1, -0.05) is 12.1 Å². The van der Waals surface area contributed by atoms with Crippen molar-refractivity contribution >= 4 is 33.6 Å². The van der Waals surface area contributed by atoms with Gasteiger partial charge in [-0.25, -0.2) is 0 Å². The summed E-state index contributed by atoms with van der Waals surface area (Å²) in [5.74, 6) is -0.0201. The van der Waals surface area contributed by atoms with E-state index in [-0.39, 0.29) is 5.57 Å². The molecule has 1 amide bonds. The molecule has 21 heavy (non-hydrogen) atoms. The number of nitriles is 1. The number of nitrogens with zero attached hydrogens (tertiary/aromatic N) is 1. The third-order valence-corrected chi connectivity index (χ3v) is 3.31. The first-order valence-corrected chi connectivity index (χ1v) is 7.04. The van der Waals surface area contributed by atoms with Crippen molar-refractivity contribution in [1.82, 2.24) is 0 Å². The number of amides is 1. The summed E-state index contributed by atoms with van der Waals surface area (Å²) >= 11 is 3.17. The summed E-state index contributed by atoms with van der Waals surface area (Å²) in [6.07, 6.45) is 1.41. The molecule has 5 heteroatoms. The van der Waals surface area contributed by atoms with Gasteiger partial charge in [0, 0.05) is 11.8 Å². The second-order valence-corrected chi connectivity index (χ2v) is 5.37. The minimum atomic E-state index is -0.460. The Labute approximate surface area is 131 Å². The third kappa shape index (κ3) is 3.83. The van der Waals surface area contributed by atoms with E-state index in [1.165, 1.54) is 6.08 Å². The maximum Gasteiger partial charge on any atom is 0.266 e. The van der Waals surface area contributed by atoms with Gasteiger partial charge in [0.2, 0.25) is 0 Å². The molecule has 0 bridgehead atoms. The number of aryl methyl sites for hydroxylation is 2. The van der Waals surface area contributed by atoms with Crippen molar-refractivity contribution in [1.29, 1.82) is 5.26 Å². The first-order valence-electron chi connectivity index (χ1n) is 6.25. The van der Waals surface area contributed by atoms with Gasteiger partial charge in [-0.2, -0.15) is 5.26 Å². The average molecular weight is 345 g/mol. The van der Waals surface area contributed by atoms with E-state index >= 15 is 0 Å². The van der Waals surface area contributed by atoms with Crippen LogP contribution in [0, 0.1) is 25.2 Å². The fourth-order valence-electron chi connectivity index (χ4n) is 1.76. The summed E-state index contributed by atoms with van der Waals surface area (Å²) in [5, 5.41) is 11.9. The van der Waals surface area contributed by atoms with Gasteiger partial charge in [0.05, 0.1) is 0 Å². The lowest BCUT2D eigenvalue weighted by Crippen LogP contribution is -2.14. The Kier molecular flexibility index (Phi) is 4.61. The molecule has 0 fully saturated rings. The van der Waals surface area contributed by atoms with E-state index in [9.17, 15) is 4.79 Å². The van der Waals surface area contributed by atoms with Crippen LogP contribution in [0.5, 0.6) is 0 Å². The topological polar surface area (TPSA) is 66.0 Å². The number of hydrogen-bond donors (Lipinski definition) is 1. The normalized spacial score (nSPS) is 11.0. The van der Waals surface area contributed by atoms with Crippen molar-refractivity contribution in [2.45, 2.75) is 13.8 Å². The van der Waals surface area contributed by atoms with Crippen molar-refractivity contribution in [3.63, 3.8) is 0 Å². The minimum Gasteiger partial charge on any atom is -0.450 e. The van der Waals surface area contributed by atoms with Crippen molar-refractivity contribution < 1.29 is 9.21 Å². The van der Waals surface area contributed by atoms with Gasteiger partial charge in [0.1, 0.15) is 17.4 Å². The van der Waals surface area contributed by atoms with E-state index in [2.05, 4.69) is 21.2 Å². The van der Waals surface area contributed by atoms with E-state index in [0.717, 1.165) is 11.1 Å². The van der Waals surface area contributed by atoms with E-state index in [1.54, 1.807) is 12.1 Å². The largest absolute Gasteiger partial charge is 0.450 e. The standard InChI is InChI=1S/C16H13BrN2O2/c1-10-3-4-11(2)14(7-10)19-16(20)12(9-18)8-13-5-6-15(17)21-13/h3-8H,1-2H3,(H,19,20)/b12-8+. The molecule has 0 saturated heterocycles. The number of hydrogen-bond acceptors (Lipinski definition) is 3. The molecule has 106 valence electrons. The Morgan fingerprint density at radius 3 is 2.71 bits per heavy atom. The number of nitrogens with one attached hydrogen (secondary N) is 1. The first-order chi connectivity index (χ1) is 9.99. The number of furan rings is 1. The van der Waals surface area contributed by atoms with Crippen LogP contribution in [-0.2, 0) is 4.79 Å². The molecule has 1 N–H and O–H groups in total. The van der Waals surface area contributed by atoms with Gasteiger partial charge in [-0.05, 0) is 59.1 Å². The Bertz CT molecular complexity index is 754. The Morgan fingerprint density at radius 1 is 1.33 bits per heavy atom. The minimum absolute atomic E-state index is 0.0160. The molecule has 0 saturated carbocycles. The predicted octanol–water partition coefficient (Wildman–Crippen LogP) is 4.20. The fraction of sp³-hybridized carbons (Fsp3) is 0.125. The summed E-state index contributed by atoms with van der Waals surface area (Å²) in [6, 6.07) is 11.0. The second-order valence-electron chi connectivity index (χ2n) is 4.58. The third-order valence-electron chi connectivity index (χ3n) is 2.89. The van der Waals surface area contributed by atoms with Crippen LogP contribution >= 0.6 is 15.9 Å². The number of anilines is 1. The molecule has 0 spiro atoms. The quantitative estimate of drug-likeness (QED) is 0.670. The summed E-state index contributed by atoms with van der Waals surface area (Å²) in [4.78, 5) is 12.2. The van der Waals surface area contributed by atoms with Crippen LogP contribution in [0.25, 0.3) is 6.08 Å². The van der Waals surface area contributed by atoms with E-state index in [1.807, 2.05) is 38.1 Å². The molecule has 0 aliphatic carbocycles. The van der Waals surface area contributed by atoms with Crippen LogP contribution in [0.15, 0.2) is 45.0 Å². The first kappa shape index (κ1) is 15.1. The molecule has 1 aromatic carbocycles. The molecule has 2 rings (SSSR count). The maximum absolute atomic E-state index is 12.2. The van der Waals surface area contributed by atoms with E-state index < -0.39 is 5.91 Å². The second kappa shape index (κ2) is 6.42. The highest BCUT2D eigenvalue weighted by atomic mass is 79.9. The average Bonchev–Trinajstić information content (AvgIpc) is 2.85. The Morgan fingerprint density at radius 2 is 2.10 bits per heavy atom. The van der Waals surface area contributed by atoms with Crippen LogP contribution in [0.3, 0.4) is 0 Å². The Hall–Kier alpha value is -2.32. The van der Waals surface area contributed by atoms with Crippen LogP contribution in [0.1, 0.15) is 16.9 Å². The molecule has 0 unspecified atom stereocenters. The lowest BCUT2D eigenvalue weighted by Gasteiger charge is -2.08. The zero-order valence-electron chi connectivity index (χ0n) is 11.6. The van der Waals surface area contributed by atoms with Gasteiger partial charge in [-0.3, -0.25) is 4.79 Å². The van der Waals surface area contributed by atoms with Gasteiger partial charge in [0.15, 0.2) is 4.67 Å². The highest BCUT2D eigenvalue weighted by Crippen LogP contribution is 2.19. The number of carbonyl (C=O) groups excluding carboxylic acids is 1. The van der Waals surface area contributed by atoms with Gasteiger partial charge < -0.3 is 9.73 Å². The summed E-state index contributed by atoms with van der Waals surface area (Å²) in [5.41, 5.74) is 2.65. The summed E-state index contributed by atoms with van der Waals surface area (Å²) in [6.45, 7) is 3.84. The Balaban J connectivity index is 2.23. The van der Waals surface area contributed by atoms with Crippen LogP contribution in [0.2, 0.25) is 0 Å². The molecule has 0 radical (unpaired) electrons. The van der Waals surface area contributed by atoms with Crippen molar-refractivity contribution in [2.75, 3.05) is 5.32 Å². The lowest BCUT2D eigenvalue weighted by atomic mass is 10.1. The molecule has 1 aromatic heterocycles. The molecule has 1 heterocycles. The molecule has 2 aromatic rings. The van der Waals surface area contributed by atoms with Gasteiger partial charge >= 0.3 is 0 Å². The fourth-order valence-corrected chi connectivity index (χ4v) is 2.08. The highest BCUT2D eigenvalue weighted by Gasteiger charge is 2.12. The molecule has 4 nitrogen and oxygen atoms in total. The predicted molar refractivity (Wildman–Crippen MR) is 84.5 cm³/mol. The SMILES string of the molecule is Cc1ccc(C)c(NC(=O)/C(C#N)=C/c2ccc(Br)o2)c1. The number of carbonyl (C=O) groups is 1. The van der Waals surface area contributed by atoms with E-state index in [4.69, 9.17) is 9.68 Å². The van der Waals surface area contributed by atoms with Crippen molar-refractivity contribution in [2.24, 2.45) is 0 Å². The monoisotopic (exact) mass is 344 g/mol. The maximum atomic E-state index is 12.2. The molecule has 0 aliphatic rings. The van der Waals surface area contributed by atoms with Gasteiger partial charge in [0.25, 0.3) is 5.91 Å². The summed E-state index contributed by atoms with van der Waals surface area (Å²) in [7, 11) is 0. The highest BCUT2D eigenvalue weighted by molar-refractivity contribution is 9.10. The number of benzene rings is 1. The van der Waals surface area contributed by atoms with E-state index in [0.29, 0.717) is 16.1 Å². The van der Waals surface area contributed by atoms with Crippen molar-refractivity contribution in [3.05, 3.63) is 57.5 Å².